The number of carbonyl (C=O) groups excluding carboxylic acids is 2. The number of carboxylic acids is 1. The van der Waals surface area contributed by atoms with Crippen molar-refractivity contribution in [2.75, 3.05) is 13.2 Å². The van der Waals surface area contributed by atoms with Gasteiger partial charge in [0.1, 0.15) is 6.61 Å². The van der Waals surface area contributed by atoms with Crippen LogP contribution in [0.5, 0.6) is 0 Å². The summed E-state index contributed by atoms with van der Waals surface area (Å²) >= 11 is 0. The highest BCUT2D eigenvalue weighted by Gasteiger charge is 2.32. The van der Waals surface area contributed by atoms with Crippen molar-refractivity contribution in [3.63, 3.8) is 0 Å². The number of benzene rings is 2. The molecule has 34 heavy (non-hydrogen) atoms. The number of ether oxygens (including phenoxy) is 1. The molecule has 0 saturated carbocycles. The van der Waals surface area contributed by atoms with Crippen molar-refractivity contribution in [1.29, 1.82) is 0 Å². The summed E-state index contributed by atoms with van der Waals surface area (Å²) < 4.78 is 5.61. The maximum atomic E-state index is 12.6. The number of carbonyl (C=O) groups is 3. The van der Waals surface area contributed by atoms with Crippen LogP contribution >= 0.6 is 0 Å². The summed E-state index contributed by atoms with van der Waals surface area (Å²) in [7, 11) is 0. The molecule has 0 fully saturated rings. The van der Waals surface area contributed by atoms with Gasteiger partial charge in [0.2, 0.25) is 5.91 Å². The van der Waals surface area contributed by atoms with Crippen LogP contribution in [-0.4, -0.2) is 42.3 Å². The van der Waals surface area contributed by atoms with E-state index in [1.54, 1.807) is 13.8 Å². The Kier molecular flexibility index (Phi) is 7.97. The number of fused-ring (bicyclic) bond motifs is 3. The largest absolute Gasteiger partial charge is 0.481 e. The van der Waals surface area contributed by atoms with Gasteiger partial charge >= 0.3 is 12.1 Å². The van der Waals surface area contributed by atoms with Crippen LogP contribution in [0.2, 0.25) is 0 Å². The maximum Gasteiger partial charge on any atom is 0.407 e. The molecule has 0 bridgehead atoms. The van der Waals surface area contributed by atoms with Crippen molar-refractivity contribution < 1.29 is 24.2 Å². The minimum atomic E-state index is -1.02. The second kappa shape index (κ2) is 10.7. The number of alkyl carbamates (subject to hydrolysis) is 1. The first-order valence-corrected chi connectivity index (χ1v) is 11.8. The second-order valence-corrected chi connectivity index (χ2v) is 9.52. The van der Waals surface area contributed by atoms with E-state index in [4.69, 9.17) is 4.74 Å². The predicted octanol–water partition coefficient (Wildman–Crippen LogP) is 4.56. The average Bonchev–Trinajstić information content (AvgIpc) is 3.14. The Labute approximate surface area is 200 Å². The molecule has 0 aromatic heterocycles. The van der Waals surface area contributed by atoms with Gasteiger partial charge in [-0.15, -0.1) is 0 Å². The number of amides is 2. The van der Waals surface area contributed by atoms with Gasteiger partial charge < -0.3 is 20.5 Å². The predicted molar refractivity (Wildman–Crippen MR) is 130 cm³/mol. The Morgan fingerprint density at radius 2 is 1.59 bits per heavy atom. The average molecular weight is 467 g/mol. The van der Waals surface area contributed by atoms with Crippen LogP contribution in [0.25, 0.3) is 11.1 Å². The van der Waals surface area contributed by atoms with Crippen LogP contribution in [0.1, 0.15) is 57.6 Å². The highest BCUT2D eigenvalue weighted by molar-refractivity contribution is 5.80. The first-order chi connectivity index (χ1) is 16.2. The van der Waals surface area contributed by atoms with Crippen molar-refractivity contribution >= 4 is 18.0 Å². The third-order valence-electron chi connectivity index (χ3n) is 6.83. The molecule has 7 heteroatoms. The van der Waals surface area contributed by atoms with Crippen LogP contribution in [0.3, 0.4) is 0 Å². The third-order valence-corrected chi connectivity index (χ3v) is 6.83. The summed E-state index contributed by atoms with van der Waals surface area (Å²) in [6, 6.07) is 15.8. The molecule has 182 valence electrons. The Hall–Kier alpha value is -3.35. The molecule has 1 unspecified atom stereocenters. The molecule has 0 aliphatic heterocycles. The summed E-state index contributed by atoms with van der Waals surface area (Å²) in [5, 5.41) is 14.9. The molecule has 2 amide bonds. The Morgan fingerprint density at radius 1 is 1.03 bits per heavy atom. The number of nitrogens with one attached hydrogen (secondary N) is 2. The highest BCUT2D eigenvalue weighted by Crippen LogP contribution is 2.44. The van der Waals surface area contributed by atoms with Crippen LogP contribution in [0, 0.1) is 11.3 Å². The molecule has 0 heterocycles. The van der Waals surface area contributed by atoms with Gasteiger partial charge in [-0.2, -0.15) is 0 Å². The van der Waals surface area contributed by atoms with Crippen LogP contribution in [0.4, 0.5) is 4.79 Å². The van der Waals surface area contributed by atoms with E-state index >= 15 is 0 Å². The number of rotatable bonds is 10. The van der Waals surface area contributed by atoms with Crippen molar-refractivity contribution in [2.45, 2.75) is 52.5 Å². The number of hydrogen-bond donors (Lipinski definition) is 3. The summed E-state index contributed by atoms with van der Waals surface area (Å²) in [4.78, 5) is 36.6. The quantitative estimate of drug-likeness (QED) is 0.476. The fraction of sp³-hybridized carbons (Fsp3) is 0.444. The number of hydrogen-bond acceptors (Lipinski definition) is 4. The fourth-order valence-corrected chi connectivity index (χ4v) is 4.16. The molecule has 7 nitrogen and oxygen atoms in total. The lowest BCUT2D eigenvalue weighted by atomic mass is 9.87. The maximum absolute atomic E-state index is 12.6. The lowest BCUT2D eigenvalue weighted by Crippen LogP contribution is -2.45. The van der Waals surface area contributed by atoms with E-state index in [-0.39, 0.29) is 37.3 Å². The minimum Gasteiger partial charge on any atom is -0.481 e. The van der Waals surface area contributed by atoms with Gasteiger partial charge in [0.25, 0.3) is 0 Å². The normalized spacial score (nSPS) is 15.1. The van der Waals surface area contributed by atoms with E-state index < -0.39 is 23.5 Å². The molecule has 0 spiro atoms. The van der Waals surface area contributed by atoms with E-state index in [1.807, 2.05) is 38.1 Å². The molecule has 2 atom stereocenters. The van der Waals surface area contributed by atoms with E-state index in [0.29, 0.717) is 6.42 Å². The standard InChI is InChI=1S/C27H34N2O5/c1-5-27(4,25(31)32)16-28-24(30)14-23(17(2)3)29-26(33)34-15-22-20-12-8-6-10-18(20)19-11-7-9-13-21(19)22/h6-13,17,22-23H,5,14-16H2,1-4H3,(H,28,30)(H,29,33)(H,31,32)/t23-,27?/m0/s1. The Morgan fingerprint density at radius 3 is 2.09 bits per heavy atom. The lowest BCUT2D eigenvalue weighted by Gasteiger charge is -2.25. The monoisotopic (exact) mass is 466 g/mol. The summed E-state index contributed by atoms with van der Waals surface area (Å²) in [5.41, 5.74) is 3.55. The lowest BCUT2D eigenvalue weighted by molar-refractivity contribution is -0.148. The SMILES string of the molecule is CCC(C)(CNC(=O)C[C@H](NC(=O)OCC1c2ccccc2-c2ccccc21)C(C)C)C(=O)O. The van der Waals surface area contributed by atoms with Crippen molar-refractivity contribution in [1.82, 2.24) is 10.6 Å². The van der Waals surface area contributed by atoms with Crippen molar-refractivity contribution in [3.05, 3.63) is 59.7 Å². The Bertz CT molecular complexity index is 1010. The summed E-state index contributed by atoms with van der Waals surface area (Å²) in [5.74, 6) is -1.31. The molecule has 2 aromatic carbocycles. The molecule has 3 N–H and O–H groups in total. The van der Waals surface area contributed by atoms with E-state index in [9.17, 15) is 19.5 Å². The van der Waals surface area contributed by atoms with Gasteiger partial charge in [0.15, 0.2) is 0 Å². The minimum absolute atomic E-state index is 0.0109. The highest BCUT2D eigenvalue weighted by atomic mass is 16.5. The zero-order chi connectivity index (χ0) is 24.9. The summed E-state index contributed by atoms with van der Waals surface area (Å²) in [6.07, 6.45) is -0.132. The van der Waals surface area contributed by atoms with E-state index in [0.717, 1.165) is 22.3 Å². The third kappa shape index (κ3) is 5.58. The van der Waals surface area contributed by atoms with Crippen LogP contribution in [-0.2, 0) is 14.3 Å². The van der Waals surface area contributed by atoms with Gasteiger partial charge in [-0.3, -0.25) is 9.59 Å². The Balaban J connectivity index is 1.58. The topological polar surface area (TPSA) is 105 Å². The first kappa shape index (κ1) is 25.3. The molecule has 1 aliphatic carbocycles. The van der Waals surface area contributed by atoms with Crippen LogP contribution < -0.4 is 10.6 Å². The molecule has 1 aliphatic rings. The molecule has 0 saturated heterocycles. The zero-order valence-corrected chi connectivity index (χ0v) is 20.3. The van der Waals surface area contributed by atoms with Gasteiger partial charge in [-0.1, -0.05) is 69.3 Å². The second-order valence-electron chi connectivity index (χ2n) is 9.52. The van der Waals surface area contributed by atoms with Crippen molar-refractivity contribution in [3.8, 4) is 11.1 Å². The fourth-order valence-electron chi connectivity index (χ4n) is 4.16. The van der Waals surface area contributed by atoms with Gasteiger partial charge in [-0.05, 0) is 41.5 Å². The van der Waals surface area contributed by atoms with E-state index in [2.05, 4.69) is 34.9 Å². The van der Waals surface area contributed by atoms with Gasteiger partial charge in [-0.25, -0.2) is 4.79 Å². The molecule has 3 rings (SSSR count). The molecular formula is C27H34N2O5. The number of aliphatic carboxylic acids is 1. The number of carboxylic acid groups (broad SMARTS) is 1. The zero-order valence-electron chi connectivity index (χ0n) is 20.3. The van der Waals surface area contributed by atoms with Crippen LogP contribution in [0.15, 0.2) is 48.5 Å². The first-order valence-electron chi connectivity index (χ1n) is 11.8. The molecule has 2 aromatic rings. The summed E-state index contributed by atoms with van der Waals surface area (Å²) in [6.45, 7) is 7.43. The van der Waals surface area contributed by atoms with Gasteiger partial charge in [0.05, 0.1) is 5.41 Å². The molecular weight excluding hydrogens is 432 g/mol. The van der Waals surface area contributed by atoms with Gasteiger partial charge in [0, 0.05) is 24.9 Å². The molecule has 0 radical (unpaired) electrons. The smallest absolute Gasteiger partial charge is 0.407 e. The van der Waals surface area contributed by atoms with E-state index in [1.165, 1.54) is 0 Å². The van der Waals surface area contributed by atoms with Crippen molar-refractivity contribution in [2.24, 2.45) is 11.3 Å².